The van der Waals surface area contributed by atoms with Gasteiger partial charge in [0.1, 0.15) is 17.4 Å². The van der Waals surface area contributed by atoms with Crippen LogP contribution in [0, 0.1) is 11.2 Å². The average molecular weight is 474 g/mol. The van der Waals surface area contributed by atoms with Crippen LogP contribution < -0.4 is 10.1 Å². The van der Waals surface area contributed by atoms with Crippen molar-refractivity contribution in [3.8, 4) is 5.75 Å². The van der Waals surface area contributed by atoms with Crippen molar-refractivity contribution in [3.63, 3.8) is 0 Å². The van der Waals surface area contributed by atoms with Crippen LogP contribution in [0.2, 0.25) is 5.02 Å². The number of ether oxygens (including phenoxy) is 1. The molecule has 1 aromatic heterocycles. The van der Waals surface area contributed by atoms with Crippen LogP contribution in [-0.4, -0.2) is 57.6 Å². The molecule has 33 heavy (non-hydrogen) atoms. The van der Waals surface area contributed by atoms with Gasteiger partial charge < -0.3 is 20.4 Å². The number of likely N-dealkylation sites (tertiary alicyclic amines) is 1. The minimum atomic E-state index is -0.491. The summed E-state index contributed by atoms with van der Waals surface area (Å²) in [7, 11) is 0. The van der Waals surface area contributed by atoms with Crippen molar-refractivity contribution in [1.82, 2.24) is 20.2 Å². The normalized spacial score (nSPS) is 22.8. The number of hydrogen-bond acceptors (Lipinski definition) is 6. The summed E-state index contributed by atoms with van der Waals surface area (Å²) in [5.41, 5.74) is 0.581. The number of amides is 2. The van der Waals surface area contributed by atoms with Crippen LogP contribution in [0.3, 0.4) is 0 Å². The molecule has 1 unspecified atom stereocenters. The van der Waals surface area contributed by atoms with Crippen LogP contribution in [0.4, 0.5) is 4.39 Å². The van der Waals surface area contributed by atoms with Gasteiger partial charge in [-0.2, -0.15) is 0 Å². The highest BCUT2D eigenvalue weighted by atomic mass is 35.5. The molecule has 0 bridgehead atoms. The van der Waals surface area contributed by atoms with Crippen LogP contribution in [0.15, 0.2) is 30.6 Å². The summed E-state index contributed by atoms with van der Waals surface area (Å²) in [5, 5.41) is 11.6. The van der Waals surface area contributed by atoms with Crippen molar-refractivity contribution < 1.29 is 18.7 Å². The van der Waals surface area contributed by atoms with Crippen LogP contribution in [-0.2, 0) is 4.79 Å². The van der Waals surface area contributed by atoms with E-state index in [1.165, 1.54) is 42.4 Å². The van der Waals surface area contributed by atoms with E-state index in [1.807, 2.05) is 0 Å². The Labute approximate surface area is 196 Å². The summed E-state index contributed by atoms with van der Waals surface area (Å²) in [4.78, 5) is 34.4. The maximum Gasteiger partial charge on any atom is 0.257 e. The second-order valence-corrected chi connectivity index (χ2v) is 8.89. The van der Waals surface area contributed by atoms with Crippen molar-refractivity contribution in [2.45, 2.75) is 50.7 Å². The molecule has 2 aromatic rings. The van der Waals surface area contributed by atoms with Gasteiger partial charge in [-0.15, -0.1) is 0 Å². The maximum atomic E-state index is 14.0. The molecule has 1 saturated carbocycles. The lowest BCUT2D eigenvalue weighted by Crippen LogP contribution is -2.38. The fraction of sp³-hybridized carbons (Fsp3) is 0.435. The highest BCUT2D eigenvalue weighted by molar-refractivity contribution is 6.30. The predicted molar refractivity (Wildman–Crippen MR) is 120 cm³/mol. The smallest absolute Gasteiger partial charge is 0.257 e. The van der Waals surface area contributed by atoms with Crippen molar-refractivity contribution in [3.05, 3.63) is 52.8 Å². The molecule has 1 aliphatic heterocycles. The van der Waals surface area contributed by atoms with E-state index in [0.29, 0.717) is 29.4 Å². The number of benzene rings is 1. The number of aromatic nitrogens is 2. The first-order chi connectivity index (χ1) is 15.8. The SMILES string of the molecule is CC(=O)NC1CCC(Oc2cc(F)ccc2C(=O)N2CC(=N)C(c3ncc(Cl)cn3)C2)CC1. The van der Waals surface area contributed by atoms with Gasteiger partial charge in [-0.25, -0.2) is 14.4 Å². The first-order valence-corrected chi connectivity index (χ1v) is 11.2. The summed E-state index contributed by atoms with van der Waals surface area (Å²) in [6.07, 6.45) is 5.67. The first kappa shape index (κ1) is 23.1. The fourth-order valence-electron chi connectivity index (χ4n) is 4.34. The van der Waals surface area contributed by atoms with E-state index in [2.05, 4.69) is 15.3 Å². The lowest BCUT2D eigenvalue weighted by atomic mass is 9.93. The highest BCUT2D eigenvalue weighted by Crippen LogP contribution is 2.30. The third-order valence-electron chi connectivity index (χ3n) is 5.97. The molecule has 1 saturated heterocycles. The molecule has 1 atom stereocenters. The van der Waals surface area contributed by atoms with Gasteiger partial charge in [0.15, 0.2) is 0 Å². The summed E-state index contributed by atoms with van der Waals surface area (Å²) < 4.78 is 20.1. The predicted octanol–water partition coefficient (Wildman–Crippen LogP) is 3.35. The molecule has 2 fully saturated rings. The average Bonchev–Trinajstić information content (AvgIpc) is 3.17. The Morgan fingerprint density at radius 3 is 2.58 bits per heavy atom. The van der Waals surface area contributed by atoms with E-state index < -0.39 is 11.7 Å². The van der Waals surface area contributed by atoms with Gasteiger partial charge in [0.05, 0.1) is 29.2 Å². The number of carbonyl (C=O) groups is 2. The third kappa shape index (κ3) is 5.47. The number of halogens is 2. The molecular formula is C23H25ClFN5O3. The monoisotopic (exact) mass is 473 g/mol. The van der Waals surface area contributed by atoms with Crippen LogP contribution in [0.5, 0.6) is 5.75 Å². The standard InChI is InChI=1S/C23H25ClFN5O3/c1-13(31)29-16-3-5-17(6-4-16)33-21-8-15(25)2-7-18(21)23(32)30-11-19(20(26)12-30)22-27-9-14(24)10-28-22/h2,7-10,16-17,19,26H,3-6,11-12H2,1H3,(H,29,31). The summed E-state index contributed by atoms with van der Waals surface area (Å²) in [5.74, 6) is -0.670. The topological polar surface area (TPSA) is 108 Å². The van der Waals surface area contributed by atoms with E-state index in [1.54, 1.807) is 0 Å². The van der Waals surface area contributed by atoms with Crippen LogP contribution in [0.25, 0.3) is 0 Å². The van der Waals surface area contributed by atoms with Gasteiger partial charge in [0.2, 0.25) is 5.91 Å². The molecule has 2 heterocycles. The summed E-state index contributed by atoms with van der Waals surface area (Å²) in [6.45, 7) is 1.88. The van der Waals surface area contributed by atoms with Gasteiger partial charge in [-0.05, 0) is 37.8 Å². The Kier molecular flexibility index (Phi) is 6.88. The Balaban J connectivity index is 1.46. The van der Waals surface area contributed by atoms with Crippen molar-refractivity contribution >= 4 is 29.1 Å². The second-order valence-electron chi connectivity index (χ2n) is 8.46. The van der Waals surface area contributed by atoms with Crippen molar-refractivity contribution in [2.24, 2.45) is 0 Å². The largest absolute Gasteiger partial charge is 0.489 e. The minimum Gasteiger partial charge on any atom is -0.489 e. The van der Waals surface area contributed by atoms with Gasteiger partial charge in [-0.1, -0.05) is 11.6 Å². The van der Waals surface area contributed by atoms with Gasteiger partial charge in [0.25, 0.3) is 5.91 Å². The zero-order valence-electron chi connectivity index (χ0n) is 18.2. The lowest BCUT2D eigenvalue weighted by Gasteiger charge is -2.30. The van der Waals surface area contributed by atoms with Crippen LogP contribution in [0.1, 0.15) is 54.7 Å². The fourth-order valence-corrected chi connectivity index (χ4v) is 4.44. The van der Waals surface area contributed by atoms with E-state index >= 15 is 0 Å². The zero-order chi connectivity index (χ0) is 23.5. The lowest BCUT2D eigenvalue weighted by molar-refractivity contribution is -0.120. The van der Waals surface area contributed by atoms with E-state index in [4.69, 9.17) is 21.7 Å². The molecule has 0 spiro atoms. The number of hydrogen-bond donors (Lipinski definition) is 2. The molecule has 10 heteroatoms. The Bertz CT molecular complexity index is 1060. The molecule has 2 amide bonds. The Morgan fingerprint density at radius 1 is 1.21 bits per heavy atom. The maximum absolute atomic E-state index is 14.0. The number of carbonyl (C=O) groups excluding carboxylic acids is 2. The molecule has 0 radical (unpaired) electrons. The Hall–Kier alpha value is -3.07. The molecular weight excluding hydrogens is 449 g/mol. The molecule has 4 rings (SSSR count). The number of rotatable bonds is 5. The van der Waals surface area contributed by atoms with Gasteiger partial charge >= 0.3 is 0 Å². The van der Waals surface area contributed by atoms with Crippen LogP contribution >= 0.6 is 11.6 Å². The van der Waals surface area contributed by atoms with E-state index in [0.717, 1.165) is 12.8 Å². The second kappa shape index (κ2) is 9.82. The van der Waals surface area contributed by atoms with Crippen molar-refractivity contribution in [1.29, 1.82) is 5.41 Å². The molecule has 1 aromatic carbocycles. The molecule has 2 aliphatic rings. The first-order valence-electron chi connectivity index (χ1n) is 10.9. The minimum absolute atomic E-state index is 0.0594. The Morgan fingerprint density at radius 2 is 1.91 bits per heavy atom. The third-order valence-corrected chi connectivity index (χ3v) is 6.17. The van der Waals surface area contributed by atoms with Gasteiger partial charge in [-0.3, -0.25) is 9.59 Å². The highest BCUT2D eigenvalue weighted by Gasteiger charge is 2.35. The summed E-state index contributed by atoms with van der Waals surface area (Å²) in [6, 6.07) is 3.99. The summed E-state index contributed by atoms with van der Waals surface area (Å²) >= 11 is 5.85. The number of nitrogens with one attached hydrogen (secondary N) is 2. The number of nitrogens with zero attached hydrogens (tertiary/aromatic N) is 3. The molecule has 174 valence electrons. The molecule has 8 nitrogen and oxygen atoms in total. The van der Waals surface area contributed by atoms with E-state index in [9.17, 15) is 14.0 Å². The van der Waals surface area contributed by atoms with Crippen molar-refractivity contribution in [2.75, 3.05) is 13.1 Å². The van der Waals surface area contributed by atoms with Gasteiger partial charge in [0, 0.05) is 43.7 Å². The zero-order valence-corrected chi connectivity index (χ0v) is 18.9. The van der Waals surface area contributed by atoms with E-state index in [-0.39, 0.29) is 48.4 Å². The molecule has 1 aliphatic carbocycles. The quantitative estimate of drug-likeness (QED) is 0.692. The molecule has 2 N–H and O–H groups in total.